The van der Waals surface area contributed by atoms with E-state index in [2.05, 4.69) is 10.2 Å². The average Bonchev–Trinajstić information content (AvgIpc) is 2.83. The molecule has 0 spiro atoms. The molecule has 0 atom stereocenters. The second-order valence-electron chi connectivity index (χ2n) is 3.93. The van der Waals surface area contributed by atoms with Gasteiger partial charge in [-0.25, -0.2) is 0 Å². The molecule has 1 aromatic heterocycles. The van der Waals surface area contributed by atoms with Gasteiger partial charge in [0.15, 0.2) is 6.79 Å². The first-order valence-electron chi connectivity index (χ1n) is 5.51. The van der Waals surface area contributed by atoms with Crippen molar-refractivity contribution in [3.8, 4) is 22.6 Å². The molecule has 1 aliphatic rings. The number of hydrogen-bond acceptors (Lipinski definition) is 5. The number of hydrogen-bond donors (Lipinski definition) is 2. The number of nitrogen functional groups attached to an aromatic ring is 1. The van der Waals surface area contributed by atoms with Crippen LogP contribution in [-0.2, 0) is 11.3 Å². The Bertz CT molecular complexity index is 580. The molecule has 0 radical (unpaired) electrons. The van der Waals surface area contributed by atoms with Crippen molar-refractivity contribution in [3.63, 3.8) is 0 Å². The number of benzene rings is 1. The van der Waals surface area contributed by atoms with Crippen LogP contribution in [0.15, 0.2) is 18.3 Å². The van der Waals surface area contributed by atoms with E-state index in [1.165, 1.54) is 0 Å². The molecule has 2 aromatic rings. The normalized spacial score (nSPS) is 13.8. The summed E-state index contributed by atoms with van der Waals surface area (Å²) in [5.74, 6) is 2.00. The number of nitrogens with zero attached hydrogens (tertiary/aromatic N) is 1. The zero-order chi connectivity index (χ0) is 12.5. The van der Waals surface area contributed by atoms with E-state index in [0.29, 0.717) is 12.4 Å². The third-order valence-corrected chi connectivity index (χ3v) is 2.93. The van der Waals surface area contributed by atoms with Crippen LogP contribution in [0.5, 0.6) is 11.5 Å². The van der Waals surface area contributed by atoms with Gasteiger partial charge < -0.3 is 19.9 Å². The zero-order valence-corrected chi connectivity index (χ0v) is 9.90. The van der Waals surface area contributed by atoms with Crippen molar-refractivity contribution in [2.45, 2.75) is 6.61 Å². The lowest BCUT2D eigenvalue weighted by molar-refractivity contribution is -0.0161. The minimum Gasteiger partial charge on any atom is -0.496 e. The van der Waals surface area contributed by atoms with Gasteiger partial charge in [-0.1, -0.05) is 0 Å². The van der Waals surface area contributed by atoms with Crippen LogP contribution in [0.2, 0.25) is 0 Å². The number of nitrogens with one attached hydrogen (secondary N) is 1. The highest BCUT2D eigenvalue weighted by Crippen LogP contribution is 2.41. The van der Waals surface area contributed by atoms with Gasteiger partial charge in [-0.2, -0.15) is 5.10 Å². The number of rotatable bonds is 2. The monoisotopic (exact) mass is 247 g/mol. The summed E-state index contributed by atoms with van der Waals surface area (Å²) in [4.78, 5) is 0. The summed E-state index contributed by atoms with van der Waals surface area (Å²) in [5, 5.41) is 6.65. The van der Waals surface area contributed by atoms with Crippen LogP contribution in [0.3, 0.4) is 0 Å². The Hall–Kier alpha value is -2.21. The Kier molecular flexibility index (Phi) is 2.56. The van der Waals surface area contributed by atoms with Crippen LogP contribution in [0.1, 0.15) is 5.56 Å². The summed E-state index contributed by atoms with van der Waals surface area (Å²) >= 11 is 0. The van der Waals surface area contributed by atoms with Crippen molar-refractivity contribution in [3.05, 3.63) is 23.9 Å². The molecule has 1 aliphatic heterocycles. The molecule has 0 bridgehead atoms. The number of anilines is 1. The number of ether oxygens (including phenoxy) is 3. The molecular weight excluding hydrogens is 234 g/mol. The highest BCUT2D eigenvalue weighted by molar-refractivity contribution is 5.82. The lowest BCUT2D eigenvalue weighted by Gasteiger charge is -2.22. The van der Waals surface area contributed by atoms with Crippen LogP contribution in [0.4, 0.5) is 5.82 Å². The maximum absolute atomic E-state index is 5.87. The topological polar surface area (TPSA) is 82.4 Å². The van der Waals surface area contributed by atoms with E-state index in [0.717, 1.165) is 28.2 Å². The lowest BCUT2D eigenvalue weighted by atomic mass is 9.99. The summed E-state index contributed by atoms with van der Waals surface area (Å²) in [7, 11) is 1.62. The summed E-state index contributed by atoms with van der Waals surface area (Å²) in [6, 6.07) is 3.72. The maximum atomic E-state index is 5.87. The van der Waals surface area contributed by atoms with Crippen molar-refractivity contribution < 1.29 is 14.2 Å². The number of methoxy groups -OCH3 is 1. The minimum absolute atomic E-state index is 0.264. The van der Waals surface area contributed by atoms with Crippen LogP contribution in [0.25, 0.3) is 11.1 Å². The van der Waals surface area contributed by atoms with Gasteiger partial charge in [0.1, 0.15) is 17.3 Å². The Balaban J connectivity index is 2.25. The van der Waals surface area contributed by atoms with Crippen LogP contribution in [0, 0.1) is 0 Å². The highest BCUT2D eigenvalue weighted by atomic mass is 16.7. The van der Waals surface area contributed by atoms with Crippen molar-refractivity contribution in [2.24, 2.45) is 0 Å². The van der Waals surface area contributed by atoms with Gasteiger partial charge in [-0.15, -0.1) is 0 Å². The fourth-order valence-electron chi connectivity index (χ4n) is 2.10. The predicted octanol–water partition coefficient (Wildman–Crippen LogP) is 1.53. The van der Waals surface area contributed by atoms with E-state index >= 15 is 0 Å². The Morgan fingerprint density at radius 1 is 1.44 bits per heavy atom. The first-order valence-corrected chi connectivity index (χ1v) is 5.51. The molecule has 0 amide bonds. The van der Waals surface area contributed by atoms with Gasteiger partial charge >= 0.3 is 0 Å². The summed E-state index contributed by atoms with van der Waals surface area (Å²) < 4.78 is 16.2. The number of aromatic nitrogens is 2. The number of H-pyrrole nitrogens is 1. The molecule has 6 heteroatoms. The van der Waals surface area contributed by atoms with E-state index in [4.69, 9.17) is 19.9 Å². The van der Waals surface area contributed by atoms with Gasteiger partial charge in [0.2, 0.25) is 0 Å². The highest BCUT2D eigenvalue weighted by Gasteiger charge is 2.22. The van der Waals surface area contributed by atoms with Gasteiger partial charge in [-0.3, -0.25) is 5.10 Å². The average molecular weight is 247 g/mol. The zero-order valence-electron chi connectivity index (χ0n) is 9.90. The fourth-order valence-corrected chi connectivity index (χ4v) is 2.10. The first-order chi connectivity index (χ1) is 8.81. The van der Waals surface area contributed by atoms with Crippen molar-refractivity contribution in [1.82, 2.24) is 10.2 Å². The third kappa shape index (κ3) is 1.58. The van der Waals surface area contributed by atoms with E-state index in [9.17, 15) is 0 Å². The lowest BCUT2D eigenvalue weighted by Crippen LogP contribution is -2.12. The largest absolute Gasteiger partial charge is 0.496 e. The molecule has 0 aliphatic carbocycles. The summed E-state index contributed by atoms with van der Waals surface area (Å²) in [6.07, 6.45) is 1.67. The molecule has 2 heterocycles. The molecule has 0 unspecified atom stereocenters. The number of nitrogens with two attached hydrogens (primary N) is 1. The van der Waals surface area contributed by atoms with Crippen LogP contribution < -0.4 is 15.2 Å². The molecule has 1 aromatic carbocycles. The predicted molar refractivity (Wildman–Crippen MR) is 65.3 cm³/mol. The second kappa shape index (κ2) is 4.23. The SMILES string of the molecule is COc1ccc2c(c1-c1cn[nH]c1N)COCO2. The minimum atomic E-state index is 0.264. The molecular formula is C12H13N3O3. The summed E-state index contributed by atoms with van der Waals surface area (Å²) in [5.41, 5.74) is 8.45. The van der Waals surface area contributed by atoms with E-state index in [1.807, 2.05) is 12.1 Å². The van der Waals surface area contributed by atoms with E-state index in [-0.39, 0.29) is 6.79 Å². The Morgan fingerprint density at radius 2 is 2.33 bits per heavy atom. The van der Waals surface area contributed by atoms with Gasteiger partial charge in [0.05, 0.1) is 19.9 Å². The maximum Gasteiger partial charge on any atom is 0.189 e. The standard InChI is InChI=1S/C12H13N3O3/c1-16-10-3-2-9-8(5-17-6-18-9)11(10)7-4-14-15-12(7)13/h2-4H,5-6H2,1H3,(H3,13,14,15). The van der Waals surface area contributed by atoms with Crippen molar-refractivity contribution >= 4 is 5.82 Å². The quantitative estimate of drug-likeness (QED) is 0.841. The number of aromatic amines is 1. The Labute approximate surface area is 104 Å². The van der Waals surface area contributed by atoms with Gasteiger partial charge in [-0.05, 0) is 12.1 Å². The Morgan fingerprint density at radius 3 is 3.06 bits per heavy atom. The third-order valence-electron chi connectivity index (χ3n) is 2.93. The van der Waals surface area contributed by atoms with Crippen molar-refractivity contribution in [2.75, 3.05) is 19.6 Å². The molecule has 6 nitrogen and oxygen atoms in total. The molecule has 94 valence electrons. The van der Waals surface area contributed by atoms with E-state index in [1.54, 1.807) is 13.3 Å². The van der Waals surface area contributed by atoms with Crippen LogP contribution >= 0.6 is 0 Å². The van der Waals surface area contributed by atoms with Crippen LogP contribution in [-0.4, -0.2) is 24.1 Å². The molecule has 18 heavy (non-hydrogen) atoms. The fraction of sp³-hybridized carbons (Fsp3) is 0.250. The molecule has 0 fully saturated rings. The van der Waals surface area contributed by atoms with E-state index < -0.39 is 0 Å². The smallest absolute Gasteiger partial charge is 0.189 e. The molecule has 0 saturated heterocycles. The second-order valence-corrected chi connectivity index (χ2v) is 3.93. The number of fused-ring (bicyclic) bond motifs is 1. The van der Waals surface area contributed by atoms with Gasteiger partial charge in [0, 0.05) is 16.7 Å². The molecule has 0 saturated carbocycles. The molecule has 3 N–H and O–H groups in total. The molecule has 3 rings (SSSR count). The van der Waals surface area contributed by atoms with Crippen molar-refractivity contribution in [1.29, 1.82) is 0 Å². The first kappa shape index (κ1) is 10.9. The van der Waals surface area contributed by atoms with Gasteiger partial charge in [0.25, 0.3) is 0 Å². The summed E-state index contributed by atoms with van der Waals surface area (Å²) in [6.45, 7) is 0.728.